The number of thiazole rings is 1. The molecule has 1 aliphatic heterocycles. The second kappa shape index (κ2) is 10.6. The molecule has 1 aromatic heterocycles. The number of amides is 2. The van der Waals surface area contributed by atoms with Crippen molar-refractivity contribution in [3.8, 4) is 16.3 Å². The lowest BCUT2D eigenvalue weighted by Gasteiger charge is -2.24. The minimum absolute atomic E-state index is 0.0269. The van der Waals surface area contributed by atoms with E-state index in [9.17, 15) is 9.59 Å². The minimum Gasteiger partial charge on any atom is -0.491 e. The SMILES string of the molecule is CC(C)Oc1ccc(-c2nc(C(=O)NC(Cc3ccccc3)C(=O)N3CCCC3)cs2)cc1. The molecule has 1 saturated heterocycles. The average Bonchev–Trinajstić information content (AvgIpc) is 3.52. The number of ether oxygens (including phenoxy) is 1. The van der Waals surface area contributed by atoms with Crippen molar-refractivity contribution >= 4 is 23.2 Å². The lowest BCUT2D eigenvalue weighted by Crippen LogP contribution is -2.49. The zero-order chi connectivity index (χ0) is 23.2. The summed E-state index contributed by atoms with van der Waals surface area (Å²) < 4.78 is 5.69. The van der Waals surface area contributed by atoms with Crippen molar-refractivity contribution in [3.63, 3.8) is 0 Å². The molecule has 2 aromatic carbocycles. The van der Waals surface area contributed by atoms with Gasteiger partial charge in [0.15, 0.2) is 0 Å². The number of benzene rings is 2. The van der Waals surface area contributed by atoms with Crippen LogP contribution in [-0.2, 0) is 11.2 Å². The van der Waals surface area contributed by atoms with Gasteiger partial charge in [-0.05, 0) is 56.5 Å². The molecular weight excluding hydrogens is 434 g/mol. The van der Waals surface area contributed by atoms with Gasteiger partial charge in [0, 0.05) is 30.5 Å². The number of likely N-dealkylation sites (tertiary alicyclic amines) is 1. The molecule has 0 aliphatic carbocycles. The zero-order valence-corrected chi connectivity index (χ0v) is 19.8. The van der Waals surface area contributed by atoms with Gasteiger partial charge in [0.05, 0.1) is 6.10 Å². The van der Waals surface area contributed by atoms with Crippen molar-refractivity contribution in [3.05, 3.63) is 71.2 Å². The Morgan fingerprint density at radius 1 is 1.06 bits per heavy atom. The normalized spacial score (nSPS) is 14.3. The maximum atomic E-state index is 13.1. The molecule has 6 nitrogen and oxygen atoms in total. The third-order valence-electron chi connectivity index (χ3n) is 5.51. The standard InChI is InChI=1S/C26H29N3O3S/c1-18(2)32-21-12-10-20(11-13-21)25-28-23(17-33-25)24(30)27-22(16-19-8-4-3-5-9-19)26(31)29-14-6-7-15-29/h3-5,8-13,17-18,22H,6-7,14-16H2,1-2H3,(H,27,30). The Bertz CT molecular complexity index is 1070. The van der Waals surface area contributed by atoms with Gasteiger partial charge in [0.25, 0.3) is 5.91 Å². The Hall–Kier alpha value is -3.19. The van der Waals surface area contributed by atoms with Crippen molar-refractivity contribution in [2.75, 3.05) is 13.1 Å². The summed E-state index contributed by atoms with van der Waals surface area (Å²) in [7, 11) is 0. The summed E-state index contributed by atoms with van der Waals surface area (Å²) in [6.45, 7) is 5.47. The second-order valence-corrected chi connectivity index (χ2v) is 9.34. The first-order valence-electron chi connectivity index (χ1n) is 11.4. The lowest BCUT2D eigenvalue weighted by atomic mass is 10.0. The summed E-state index contributed by atoms with van der Waals surface area (Å²) in [4.78, 5) is 32.5. The Balaban J connectivity index is 1.47. The fourth-order valence-corrected chi connectivity index (χ4v) is 4.71. The average molecular weight is 464 g/mol. The molecule has 0 radical (unpaired) electrons. The molecule has 2 heterocycles. The third kappa shape index (κ3) is 5.99. The first-order valence-corrected chi connectivity index (χ1v) is 12.2. The molecule has 33 heavy (non-hydrogen) atoms. The monoisotopic (exact) mass is 463 g/mol. The molecule has 4 rings (SSSR count). The van der Waals surface area contributed by atoms with Gasteiger partial charge in [-0.1, -0.05) is 30.3 Å². The van der Waals surface area contributed by atoms with Crippen LogP contribution in [0.4, 0.5) is 0 Å². The van der Waals surface area contributed by atoms with E-state index in [1.54, 1.807) is 5.38 Å². The van der Waals surface area contributed by atoms with Crippen LogP contribution in [0.2, 0.25) is 0 Å². The Morgan fingerprint density at radius 3 is 2.42 bits per heavy atom. The van der Waals surface area contributed by atoms with Gasteiger partial charge >= 0.3 is 0 Å². The van der Waals surface area contributed by atoms with Gasteiger partial charge in [-0.25, -0.2) is 4.98 Å². The highest BCUT2D eigenvalue weighted by atomic mass is 32.1. The van der Waals surface area contributed by atoms with E-state index in [-0.39, 0.29) is 17.9 Å². The molecule has 3 aromatic rings. The first-order chi connectivity index (χ1) is 16.0. The molecular formula is C26H29N3O3S. The minimum atomic E-state index is -0.615. The molecule has 1 atom stereocenters. The molecule has 0 saturated carbocycles. The third-order valence-corrected chi connectivity index (χ3v) is 6.41. The molecule has 1 aliphatic rings. The van der Waals surface area contributed by atoms with Crippen molar-refractivity contribution in [2.24, 2.45) is 0 Å². The number of nitrogens with one attached hydrogen (secondary N) is 1. The highest BCUT2D eigenvalue weighted by Crippen LogP contribution is 2.26. The highest BCUT2D eigenvalue weighted by Gasteiger charge is 2.29. The Morgan fingerprint density at radius 2 is 1.76 bits per heavy atom. The van der Waals surface area contributed by atoms with E-state index in [1.807, 2.05) is 73.3 Å². The van der Waals surface area contributed by atoms with Crippen molar-refractivity contribution in [1.82, 2.24) is 15.2 Å². The highest BCUT2D eigenvalue weighted by molar-refractivity contribution is 7.13. The summed E-state index contributed by atoms with van der Waals surface area (Å²) in [5.41, 5.74) is 2.26. The number of hydrogen-bond acceptors (Lipinski definition) is 5. The molecule has 1 unspecified atom stereocenters. The van der Waals surface area contributed by atoms with Crippen LogP contribution in [0.5, 0.6) is 5.75 Å². The van der Waals surface area contributed by atoms with Gasteiger partial charge in [0.2, 0.25) is 5.91 Å². The van der Waals surface area contributed by atoms with Crippen molar-refractivity contribution in [1.29, 1.82) is 0 Å². The maximum absolute atomic E-state index is 13.1. The number of carbonyl (C=O) groups is 2. The second-order valence-electron chi connectivity index (χ2n) is 8.48. The molecule has 1 N–H and O–H groups in total. The predicted octanol–water partition coefficient (Wildman–Crippen LogP) is 4.56. The van der Waals surface area contributed by atoms with E-state index in [2.05, 4.69) is 10.3 Å². The summed E-state index contributed by atoms with van der Waals surface area (Å²) in [5.74, 6) is 0.444. The van der Waals surface area contributed by atoms with Crippen LogP contribution in [0.3, 0.4) is 0 Å². The zero-order valence-electron chi connectivity index (χ0n) is 19.0. The Kier molecular flexibility index (Phi) is 7.40. The number of nitrogens with zero attached hydrogens (tertiary/aromatic N) is 2. The van der Waals surface area contributed by atoms with Gasteiger partial charge in [-0.3, -0.25) is 9.59 Å². The van der Waals surface area contributed by atoms with E-state index in [0.29, 0.717) is 12.1 Å². The first kappa shape index (κ1) is 23.0. The fraction of sp³-hybridized carbons (Fsp3) is 0.346. The predicted molar refractivity (Wildman–Crippen MR) is 131 cm³/mol. The lowest BCUT2D eigenvalue weighted by molar-refractivity contribution is -0.132. The van der Waals surface area contributed by atoms with Crippen LogP contribution < -0.4 is 10.1 Å². The van der Waals surface area contributed by atoms with Crippen molar-refractivity contribution < 1.29 is 14.3 Å². The van der Waals surface area contributed by atoms with Gasteiger partial charge in [0.1, 0.15) is 22.5 Å². The van der Waals surface area contributed by atoms with E-state index >= 15 is 0 Å². The van der Waals surface area contributed by atoms with Crippen LogP contribution in [0, 0.1) is 0 Å². The van der Waals surface area contributed by atoms with E-state index in [4.69, 9.17) is 4.74 Å². The van der Waals surface area contributed by atoms with Gasteiger partial charge < -0.3 is 15.0 Å². The molecule has 0 bridgehead atoms. The smallest absolute Gasteiger partial charge is 0.271 e. The van der Waals surface area contributed by atoms with Crippen LogP contribution in [-0.4, -0.2) is 46.9 Å². The quantitative estimate of drug-likeness (QED) is 0.532. The van der Waals surface area contributed by atoms with E-state index in [1.165, 1.54) is 11.3 Å². The molecule has 2 amide bonds. The summed E-state index contributed by atoms with van der Waals surface area (Å²) in [5, 5.41) is 5.44. The fourth-order valence-electron chi connectivity index (χ4n) is 3.90. The summed E-state index contributed by atoms with van der Waals surface area (Å²) in [6.07, 6.45) is 2.58. The number of aromatic nitrogens is 1. The van der Waals surface area contributed by atoms with Crippen LogP contribution in [0.25, 0.3) is 10.6 Å². The largest absolute Gasteiger partial charge is 0.491 e. The number of carbonyl (C=O) groups excluding carboxylic acids is 2. The van der Waals surface area contributed by atoms with Crippen LogP contribution >= 0.6 is 11.3 Å². The molecule has 7 heteroatoms. The summed E-state index contributed by atoms with van der Waals surface area (Å²) >= 11 is 1.41. The van der Waals surface area contributed by atoms with Gasteiger partial charge in [-0.15, -0.1) is 11.3 Å². The van der Waals surface area contributed by atoms with E-state index < -0.39 is 6.04 Å². The summed E-state index contributed by atoms with van der Waals surface area (Å²) in [6, 6.07) is 16.8. The Labute approximate surface area is 198 Å². The molecule has 0 spiro atoms. The molecule has 172 valence electrons. The number of rotatable bonds is 8. The van der Waals surface area contributed by atoms with E-state index in [0.717, 1.165) is 47.8 Å². The molecule has 1 fully saturated rings. The van der Waals surface area contributed by atoms with Crippen LogP contribution in [0.1, 0.15) is 42.7 Å². The van der Waals surface area contributed by atoms with Crippen molar-refractivity contribution in [2.45, 2.75) is 45.3 Å². The van der Waals surface area contributed by atoms with Crippen LogP contribution in [0.15, 0.2) is 60.0 Å². The number of hydrogen-bond donors (Lipinski definition) is 1. The maximum Gasteiger partial charge on any atom is 0.271 e. The van der Waals surface area contributed by atoms with Gasteiger partial charge in [-0.2, -0.15) is 0 Å². The topological polar surface area (TPSA) is 71.5 Å².